The summed E-state index contributed by atoms with van der Waals surface area (Å²) in [5.41, 5.74) is 4.79. The highest BCUT2D eigenvalue weighted by Crippen LogP contribution is 2.29. The van der Waals surface area contributed by atoms with Gasteiger partial charge in [0, 0.05) is 29.4 Å². The summed E-state index contributed by atoms with van der Waals surface area (Å²) in [7, 11) is 0. The number of nitrogens with zero attached hydrogens (tertiary/aromatic N) is 3. The molecule has 2 aromatic heterocycles. The number of halogens is 1. The summed E-state index contributed by atoms with van der Waals surface area (Å²) in [6, 6.07) is 10.4. The zero-order valence-electron chi connectivity index (χ0n) is 16.1. The second-order valence-corrected chi connectivity index (χ2v) is 6.81. The highest BCUT2D eigenvalue weighted by Gasteiger charge is 2.11. The van der Waals surface area contributed by atoms with Gasteiger partial charge in [-0.25, -0.2) is 4.39 Å². The van der Waals surface area contributed by atoms with Crippen LogP contribution >= 0.6 is 0 Å². The molecule has 0 bridgehead atoms. The van der Waals surface area contributed by atoms with Crippen molar-refractivity contribution in [1.29, 1.82) is 0 Å². The normalized spacial score (nSPS) is 11.4. The van der Waals surface area contributed by atoms with Gasteiger partial charge in [0.2, 0.25) is 0 Å². The lowest BCUT2D eigenvalue weighted by molar-refractivity contribution is 0.457. The molecule has 6 nitrogen and oxygen atoms in total. The monoisotopic (exact) mass is 389 g/mol. The molecule has 2 aromatic carbocycles. The maximum atomic E-state index is 14.5. The second-order valence-electron chi connectivity index (χ2n) is 6.81. The van der Waals surface area contributed by atoms with E-state index >= 15 is 0 Å². The van der Waals surface area contributed by atoms with Crippen LogP contribution < -0.4 is 5.32 Å². The van der Waals surface area contributed by atoms with E-state index in [0.717, 1.165) is 27.9 Å². The lowest BCUT2D eigenvalue weighted by atomic mass is 10.1. The number of aromatic hydroxyl groups is 1. The quantitative estimate of drug-likeness (QED) is 0.429. The van der Waals surface area contributed by atoms with Crippen LogP contribution in [0.25, 0.3) is 10.9 Å². The zero-order valence-corrected chi connectivity index (χ0v) is 16.1. The Morgan fingerprint density at radius 1 is 1.17 bits per heavy atom. The average Bonchev–Trinajstić information content (AvgIpc) is 3.03. The van der Waals surface area contributed by atoms with Gasteiger partial charge in [-0.05, 0) is 37.6 Å². The molecule has 29 heavy (non-hydrogen) atoms. The Morgan fingerprint density at radius 2 is 2.03 bits per heavy atom. The van der Waals surface area contributed by atoms with E-state index in [4.69, 9.17) is 0 Å². The third-order valence-corrected chi connectivity index (χ3v) is 4.64. The Hall–Kier alpha value is -3.74. The summed E-state index contributed by atoms with van der Waals surface area (Å²) in [4.78, 5) is 15.7. The van der Waals surface area contributed by atoms with Crippen molar-refractivity contribution >= 4 is 28.5 Å². The predicted octanol–water partition coefficient (Wildman–Crippen LogP) is 4.78. The van der Waals surface area contributed by atoms with Gasteiger partial charge in [0.15, 0.2) is 5.88 Å². The van der Waals surface area contributed by atoms with Crippen LogP contribution in [0.15, 0.2) is 53.8 Å². The molecule has 4 rings (SSSR count). The summed E-state index contributed by atoms with van der Waals surface area (Å²) in [5, 5.41) is 14.1. The Balaban J connectivity index is 1.52. The van der Waals surface area contributed by atoms with Gasteiger partial charge in [0.1, 0.15) is 5.82 Å². The van der Waals surface area contributed by atoms with Crippen molar-refractivity contribution in [2.75, 3.05) is 5.32 Å². The minimum absolute atomic E-state index is 0.0380. The van der Waals surface area contributed by atoms with Crippen LogP contribution in [0.4, 0.5) is 15.8 Å². The van der Waals surface area contributed by atoms with Crippen LogP contribution in [0.1, 0.15) is 22.5 Å². The molecule has 0 saturated heterocycles. The van der Waals surface area contributed by atoms with Gasteiger partial charge in [0.05, 0.1) is 41.1 Å². The van der Waals surface area contributed by atoms with Crippen molar-refractivity contribution in [3.63, 3.8) is 0 Å². The Kier molecular flexibility index (Phi) is 4.95. The number of aromatic amines is 1. The molecule has 0 unspecified atom stereocenters. The number of anilines is 1. The van der Waals surface area contributed by atoms with Crippen LogP contribution in [0, 0.1) is 19.7 Å². The van der Waals surface area contributed by atoms with Crippen LogP contribution in [-0.2, 0) is 6.54 Å². The smallest absolute Gasteiger partial charge is 0.198 e. The number of aromatic nitrogens is 3. The number of fused-ring (bicyclic) bond motifs is 1. The van der Waals surface area contributed by atoms with E-state index in [1.807, 2.05) is 32.0 Å². The summed E-state index contributed by atoms with van der Waals surface area (Å²) >= 11 is 0. The fraction of sp³-hybridized carbons (Fsp3) is 0.136. The number of nitrogens with one attached hydrogen (secondary N) is 2. The van der Waals surface area contributed by atoms with Crippen LogP contribution in [0.3, 0.4) is 0 Å². The zero-order chi connectivity index (χ0) is 20.4. The van der Waals surface area contributed by atoms with Crippen molar-refractivity contribution in [2.24, 2.45) is 4.99 Å². The number of hydrogen-bond acceptors (Lipinski definition) is 5. The third kappa shape index (κ3) is 3.94. The molecule has 0 aliphatic carbocycles. The molecule has 4 aromatic rings. The molecular weight excluding hydrogens is 369 g/mol. The lowest BCUT2D eigenvalue weighted by Gasteiger charge is -2.07. The molecule has 7 heteroatoms. The Labute approximate surface area is 167 Å². The van der Waals surface area contributed by atoms with E-state index in [0.29, 0.717) is 23.5 Å². The van der Waals surface area contributed by atoms with Gasteiger partial charge >= 0.3 is 0 Å². The number of aliphatic imine (C=N–C) groups is 1. The van der Waals surface area contributed by atoms with Gasteiger partial charge < -0.3 is 15.4 Å². The largest absolute Gasteiger partial charge is 0.494 e. The van der Waals surface area contributed by atoms with Crippen molar-refractivity contribution < 1.29 is 9.50 Å². The first-order valence-electron chi connectivity index (χ1n) is 9.16. The minimum Gasteiger partial charge on any atom is -0.494 e. The van der Waals surface area contributed by atoms with Crippen LogP contribution in [0.2, 0.25) is 0 Å². The minimum atomic E-state index is -0.418. The standard InChI is InChI=1S/C22H20FN5O/c1-13-4-3-5-20-21(13)17(22(29)28-20)12-26-15-6-7-19(18(23)8-15)27-11-16-10-24-14(2)9-25-16/h3-10,12,27-29H,11H2,1-2H3. The van der Waals surface area contributed by atoms with Crippen LogP contribution in [-0.4, -0.2) is 26.3 Å². The fourth-order valence-corrected chi connectivity index (χ4v) is 3.13. The number of H-pyrrole nitrogens is 1. The molecule has 0 fully saturated rings. The number of rotatable bonds is 5. The summed E-state index contributed by atoms with van der Waals surface area (Å²) in [6.45, 7) is 4.20. The number of aryl methyl sites for hydroxylation is 2. The maximum Gasteiger partial charge on any atom is 0.198 e. The number of hydrogen-bond donors (Lipinski definition) is 3. The number of benzene rings is 2. The van der Waals surface area contributed by atoms with Crippen molar-refractivity contribution in [3.05, 3.63) is 77.1 Å². The molecule has 3 N–H and O–H groups in total. The molecule has 0 radical (unpaired) electrons. The van der Waals surface area contributed by atoms with E-state index in [1.165, 1.54) is 6.07 Å². The van der Waals surface area contributed by atoms with Gasteiger partial charge in [-0.1, -0.05) is 12.1 Å². The maximum absolute atomic E-state index is 14.5. The third-order valence-electron chi connectivity index (χ3n) is 4.64. The molecule has 2 heterocycles. The predicted molar refractivity (Wildman–Crippen MR) is 112 cm³/mol. The van der Waals surface area contributed by atoms with Crippen molar-refractivity contribution in [1.82, 2.24) is 15.0 Å². The molecule has 146 valence electrons. The van der Waals surface area contributed by atoms with E-state index in [1.54, 1.807) is 30.7 Å². The van der Waals surface area contributed by atoms with Gasteiger partial charge in [-0.3, -0.25) is 15.0 Å². The van der Waals surface area contributed by atoms with Gasteiger partial charge in [-0.2, -0.15) is 0 Å². The first-order valence-corrected chi connectivity index (χ1v) is 9.16. The Bertz CT molecular complexity index is 1200. The summed E-state index contributed by atoms with van der Waals surface area (Å²) in [6.07, 6.45) is 4.88. The van der Waals surface area contributed by atoms with E-state index in [-0.39, 0.29) is 5.88 Å². The SMILES string of the molecule is Cc1cnc(CNc2ccc(N=Cc3c(O)[nH]c4cccc(C)c34)cc2F)cn1. The summed E-state index contributed by atoms with van der Waals surface area (Å²) in [5.74, 6) is -0.380. The highest BCUT2D eigenvalue weighted by molar-refractivity contribution is 6.04. The van der Waals surface area contributed by atoms with Gasteiger partial charge in [-0.15, -0.1) is 0 Å². The first kappa shape index (κ1) is 18.6. The van der Waals surface area contributed by atoms with Gasteiger partial charge in [0.25, 0.3) is 0 Å². The fourth-order valence-electron chi connectivity index (χ4n) is 3.13. The van der Waals surface area contributed by atoms with Crippen molar-refractivity contribution in [2.45, 2.75) is 20.4 Å². The van der Waals surface area contributed by atoms with E-state index < -0.39 is 5.82 Å². The molecule has 0 aliphatic rings. The highest BCUT2D eigenvalue weighted by atomic mass is 19.1. The second kappa shape index (κ2) is 7.71. The molecule has 0 saturated carbocycles. The molecule has 0 amide bonds. The van der Waals surface area contributed by atoms with Crippen LogP contribution in [0.5, 0.6) is 5.88 Å². The van der Waals surface area contributed by atoms with Crippen molar-refractivity contribution in [3.8, 4) is 5.88 Å². The molecule has 0 aliphatic heterocycles. The molecular formula is C22H20FN5O. The topological polar surface area (TPSA) is 86.2 Å². The summed E-state index contributed by atoms with van der Waals surface area (Å²) < 4.78 is 14.5. The molecule has 0 spiro atoms. The van der Waals surface area contributed by atoms with E-state index in [2.05, 4.69) is 25.3 Å². The van der Waals surface area contributed by atoms with E-state index in [9.17, 15) is 9.50 Å². The Morgan fingerprint density at radius 3 is 2.79 bits per heavy atom. The first-order chi connectivity index (χ1) is 14.0. The molecule has 0 atom stereocenters. The average molecular weight is 389 g/mol. The lowest BCUT2D eigenvalue weighted by Crippen LogP contribution is -2.04.